The average Bonchev–Trinajstić information content (AvgIpc) is 3.04. The Morgan fingerprint density at radius 1 is 1.24 bits per heavy atom. The lowest BCUT2D eigenvalue weighted by molar-refractivity contribution is -0.0695. The van der Waals surface area contributed by atoms with Gasteiger partial charge in [-0.2, -0.15) is 4.98 Å². The first-order chi connectivity index (χ1) is 16.8. The lowest BCUT2D eigenvalue weighted by Gasteiger charge is -2.36. The Kier molecular flexibility index (Phi) is 9.99. The summed E-state index contributed by atoms with van der Waals surface area (Å²) in [6.45, 7) is 15.4. The Hall–Kier alpha value is -1.15. The van der Waals surface area contributed by atoms with Gasteiger partial charge in [-0.3, -0.25) is 9.13 Å². The molecular weight excluding hydrogens is 521 g/mol. The molecule has 1 aliphatic heterocycles. The summed E-state index contributed by atoms with van der Waals surface area (Å²) in [7, 11) is -6.51. The minimum atomic E-state index is -4.37. The van der Waals surface area contributed by atoms with Crippen molar-refractivity contribution in [2.75, 3.05) is 5.73 Å². The Morgan fingerprint density at radius 3 is 2.35 bits per heavy atom. The number of anilines is 1. The third-order valence-corrected chi connectivity index (χ3v) is 13.8. The number of rotatable bonds is 11. The van der Waals surface area contributed by atoms with Gasteiger partial charge in [0, 0.05) is 18.2 Å². The van der Waals surface area contributed by atoms with Crippen LogP contribution in [0, 0.1) is 0 Å². The molecule has 12 nitrogen and oxygen atoms in total. The van der Waals surface area contributed by atoms with Crippen molar-refractivity contribution in [3.63, 3.8) is 0 Å². The minimum absolute atomic E-state index is 0.00434. The van der Waals surface area contributed by atoms with Gasteiger partial charge in [0.1, 0.15) is 18.0 Å². The molecule has 1 aliphatic rings. The molecule has 0 amide bonds. The summed E-state index contributed by atoms with van der Waals surface area (Å²) in [5, 5.41) is 31.3. The van der Waals surface area contributed by atoms with Gasteiger partial charge < -0.3 is 39.6 Å². The Bertz CT molecular complexity index is 1050. The fourth-order valence-electron chi connectivity index (χ4n) is 3.70. The standard InChI is InChI=1S/C23H44N3O9PSi/c1-9-16(27)36(31,32)35-23(6,10-2)11-15-17(28)18(29)20(34-15)26-12-14(19(24)25-21(26)30)13-33-37(7,8)22(3,4)5/h12,15-18,20,27-29H,9-11,13H2,1-8H3,(H,31,32)(H2,24,25,30)/t15-,16?,17-,18-,20-,23?/m1/s1. The van der Waals surface area contributed by atoms with E-state index in [4.69, 9.17) is 19.4 Å². The maximum absolute atomic E-state index is 12.7. The molecule has 0 bridgehead atoms. The van der Waals surface area contributed by atoms with Crippen molar-refractivity contribution in [2.45, 2.75) is 122 Å². The van der Waals surface area contributed by atoms with Gasteiger partial charge in [0.2, 0.25) is 0 Å². The molecular formula is C23H44N3O9PSi. The molecule has 1 aromatic rings. The molecule has 0 aromatic carbocycles. The number of aliphatic hydroxyl groups excluding tert-OH is 3. The second kappa shape index (κ2) is 11.5. The maximum atomic E-state index is 12.7. The van der Waals surface area contributed by atoms with Crippen LogP contribution in [0.5, 0.6) is 0 Å². The SMILES string of the molecule is CCC(O)P(=O)(O)OC(C)(CC)C[C@H]1O[C@@H](n2cc(CO[Si](C)(C)C(C)(C)C)c(N)nc2=O)[C@H](O)[C@@H]1O. The molecule has 14 heteroatoms. The Balaban J connectivity index is 2.29. The summed E-state index contributed by atoms with van der Waals surface area (Å²) in [5.74, 6) is -1.55. The van der Waals surface area contributed by atoms with Crippen LogP contribution in [0.25, 0.3) is 0 Å². The molecule has 1 saturated heterocycles. The number of nitrogens with zero attached hydrogens (tertiary/aromatic N) is 2. The number of aliphatic hydroxyl groups is 3. The summed E-state index contributed by atoms with van der Waals surface area (Å²) in [5.41, 5.74) is 4.38. The van der Waals surface area contributed by atoms with Crippen LogP contribution in [-0.4, -0.2) is 67.8 Å². The van der Waals surface area contributed by atoms with E-state index in [9.17, 15) is 29.6 Å². The maximum Gasteiger partial charge on any atom is 0.356 e. The molecule has 2 rings (SSSR count). The van der Waals surface area contributed by atoms with Crippen LogP contribution in [0.1, 0.15) is 72.6 Å². The van der Waals surface area contributed by atoms with Gasteiger partial charge in [0.15, 0.2) is 20.4 Å². The zero-order valence-electron chi connectivity index (χ0n) is 23.0. The largest absolute Gasteiger partial charge is 0.412 e. The first kappa shape index (κ1) is 32.1. The normalized spacial score (nSPS) is 27.0. The molecule has 37 heavy (non-hydrogen) atoms. The summed E-state index contributed by atoms with van der Waals surface area (Å²) in [4.78, 5) is 26.7. The first-order valence-electron chi connectivity index (χ1n) is 12.5. The van der Waals surface area contributed by atoms with Crippen LogP contribution in [-0.2, 0) is 24.9 Å². The molecule has 0 spiro atoms. The summed E-state index contributed by atoms with van der Waals surface area (Å²) < 4.78 is 31.1. The van der Waals surface area contributed by atoms with Gasteiger partial charge in [-0.15, -0.1) is 0 Å². The van der Waals surface area contributed by atoms with E-state index in [1.54, 1.807) is 20.8 Å². The van der Waals surface area contributed by atoms with Crippen molar-refractivity contribution >= 4 is 21.7 Å². The predicted molar refractivity (Wildman–Crippen MR) is 141 cm³/mol. The summed E-state index contributed by atoms with van der Waals surface area (Å²) in [6, 6.07) is 0. The van der Waals surface area contributed by atoms with Crippen LogP contribution < -0.4 is 11.4 Å². The van der Waals surface area contributed by atoms with E-state index in [0.29, 0.717) is 5.56 Å². The van der Waals surface area contributed by atoms with Gasteiger partial charge in [0.05, 0.1) is 18.3 Å². The fraction of sp³-hybridized carbons (Fsp3) is 0.826. The van der Waals surface area contributed by atoms with Crippen LogP contribution in [0.15, 0.2) is 11.0 Å². The number of hydrogen-bond acceptors (Lipinski definition) is 10. The van der Waals surface area contributed by atoms with Crippen LogP contribution in [0.4, 0.5) is 5.82 Å². The highest BCUT2D eigenvalue weighted by Gasteiger charge is 2.48. The van der Waals surface area contributed by atoms with Crippen LogP contribution in [0.2, 0.25) is 18.1 Å². The van der Waals surface area contributed by atoms with Crippen molar-refractivity contribution < 1.29 is 38.5 Å². The molecule has 3 unspecified atom stereocenters. The van der Waals surface area contributed by atoms with E-state index >= 15 is 0 Å². The molecule has 0 aliphatic carbocycles. The highest BCUT2D eigenvalue weighted by molar-refractivity contribution is 7.53. The van der Waals surface area contributed by atoms with E-state index in [0.717, 1.165) is 4.57 Å². The van der Waals surface area contributed by atoms with Crippen molar-refractivity contribution in [3.05, 3.63) is 22.2 Å². The van der Waals surface area contributed by atoms with Gasteiger partial charge >= 0.3 is 13.3 Å². The lowest BCUT2D eigenvalue weighted by atomic mass is 9.93. The van der Waals surface area contributed by atoms with Gasteiger partial charge in [-0.1, -0.05) is 34.6 Å². The average molecular weight is 566 g/mol. The third kappa shape index (κ3) is 7.28. The number of aromatic nitrogens is 2. The minimum Gasteiger partial charge on any atom is -0.412 e. The Labute approximate surface area is 219 Å². The van der Waals surface area contributed by atoms with Crippen LogP contribution >= 0.6 is 7.60 Å². The van der Waals surface area contributed by atoms with E-state index in [1.165, 1.54) is 6.20 Å². The van der Waals surface area contributed by atoms with Gasteiger partial charge in [-0.25, -0.2) is 4.79 Å². The molecule has 0 saturated carbocycles. The van der Waals surface area contributed by atoms with E-state index in [2.05, 4.69) is 38.8 Å². The van der Waals surface area contributed by atoms with E-state index in [1.807, 2.05) is 0 Å². The van der Waals surface area contributed by atoms with Crippen molar-refractivity contribution in [2.24, 2.45) is 0 Å². The molecule has 214 valence electrons. The third-order valence-electron chi connectivity index (χ3n) is 7.54. The number of nitrogen functional groups attached to an aromatic ring is 1. The highest BCUT2D eigenvalue weighted by Crippen LogP contribution is 2.53. The lowest BCUT2D eigenvalue weighted by Crippen LogP contribution is -2.41. The second-order valence-corrected chi connectivity index (χ2v) is 18.2. The molecule has 2 heterocycles. The molecule has 0 radical (unpaired) electrons. The fourth-order valence-corrected chi connectivity index (χ4v) is 6.06. The monoisotopic (exact) mass is 565 g/mol. The quantitative estimate of drug-likeness (QED) is 0.196. The highest BCUT2D eigenvalue weighted by atomic mass is 31.2. The molecule has 7 atom stereocenters. The molecule has 6 N–H and O–H groups in total. The smallest absolute Gasteiger partial charge is 0.356 e. The van der Waals surface area contributed by atoms with Crippen LogP contribution in [0.3, 0.4) is 0 Å². The predicted octanol–water partition coefficient (Wildman–Crippen LogP) is 2.46. The second-order valence-electron chi connectivity index (χ2n) is 11.5. The molecule has 1 aromatic heterocycles. The number of ether oxygens (including phenoxy) is 1. The summed E-state index contributed by atoms with van der Waals surface area (Å²) >= 11 is 0. The van der Waals surface area contributed by atoms with Gasteiger partial charge in [-0.05, 0) is 37.9 Å². The zero-order valence-corrected chi connectivity index (χ0v) is 24.9. The number of nitrogens with two attached hydrogens (primary N) is 1. The van der Waals surface area contributed by atoms with Crippen molar-refractivity contribution in [1.29, 1.82) is 0 Å². The summed E-state index contributed by atoms with van der Waals surface area (Å²) in [6.07, 6.45) is -3.65. The van der Waals surface area contributed by atoms with Gasteiger partial charge in [0.25, 0.3) is 0 Å². The van der Waals surface area contributed by atoms with Crippen molar-refractivity contribution in [3.8, 4) is 0 Å². The zero-order chi connectivity index (χ0) is 28.6. The van der Waals surface area contributed by atoms with E-state index in [-0.39, 0.29) is 36.7 Å². The topological polar surface area (TPSA) is 187 Å². The van der Waals surface area contributed by atoms with Crippen molar-refractivity contribution in [1.82, 2.24) is 9.55 Å². The molecule has 1 fully saturated rings. The first-order valence-corrected chi connectivity index (χ1v) is 17.1. The number of hydrogen-bond donors (Lipinski definition) is 5. The van der Waals surface area contributed by atoms with E-state index < -0.39 is 57.6 Å². The Morgan fingerprint density at radius 2 is 1.84 bits per heavy atom.